The number of aliphatic hydroxyl groups is 1. The van der Waals surface area contributed by atoms with Gasteiger partial charge in [-0.15, -0.1) is 0 Å². The number of carbonyl (C=O) groups is 1. The summed E-state index contributed by atoms with van der Waals surface area (Å²) >= 11 is 0. The van der Waals surface area contributed by atoms with Crippen molar-refractivity contribution in [2.75, 3.05) is 7.11 Å². The Morgan fingerprint density at radius 2 is 1.86 bits per heavy atom. The Bertz CT molecular complexity index is 678. The van der Waals surface area contributed by atoms with Crippen LogP contribution in [0.15, 0.2) is 42.5 Å². The van der Waals surface area contributed by atoms with Crippen LogP contribution in [-0.2, 0) is 0 Å². The number of hydrogen-bond donors (Lipinski definition) is 2. The summed E-state index contributed by atoms with van der Waals surface area (Å²) in [5, 5.41) is 19.5. The van der Waals surface area contributed by atoms with E-state index in [2.05, 4.69) is 0 Å². The molecule has 0 aliphatic carbocycles. The predicted molar refractivity (Wildman–Crippen MR) is 74.8 cm³/mol. The van der Waals surface area contributed by atoms with Crippen molar-refractivity contribution in [1.29, 1.82) is 0 Å². The Morgan fingerprint density at radius 1 is 1.14 bits per heavy atom. The Hall–Kier alpha value is -2.53. The maximum absolute atomic E-state index is 12.5. The molecule has 0 fully saturated rings. The van der Waals surface area contributed by atoms with Crippen LogP contribution in [0.5, 0.6) is 17.2 Å². The maximum atomic E-state index is 12.5. The van der Waals surface area contributed by atoms with Crippen molar-refractivity contribution < 1.29 is 24.5 Å². The zero-order chi connectivity index (χ0) is 15.0. The molecule has 2 atom stereocenters. The zero-order valence-corrected chi connectivity index (χ0v) is 11.3. The summed E-state index contributed by atoms with van der Waals surface area (Å²) in [5.74, 6) is -0.196. The smallest absolute Gasteiger partial charge is 0.211 e. The van der Waals surface area contributed by atoms with Gasteiger partial charge in [0.05, 0.1) is 12.7 Å². The zero-order valence-electron chi connectivity index (χ0n) is 11.3. The van der Waals surface area contributed by atoms with Crippen LogP contribution in [0.25, 0.3) is 0 Å². The van der Waals surface area contributed by atoms with Gasteiger partial charge in [-0.2, -0.15) is 0 Å². The van der Waals surface area contributed by atoms with Crippen molar-refractivity contribution >= 4 is 5.78 Å². The Labute approximate surface area is 121 Å². The molecular formula is C16H14O5. The van der Waals surface area contributed by atoms with Crippen molar-refractivity contribution in [3.8, 4) is 17.2 Å². The number of methoxy groups -OCH3 is 1. The highest BCUT2D eigenvalue weighted by atomic mass is 16.6. The first kappa shape index (κ1) is 13.5. The van der Waals surface area contributed by atoms with Gasteiger partial charge in [-0.3, -0.25) is 4.79 Å². The number of ether oxygens (including phenoxy) is 2. The van der Waals surface area contributed by atoms with Gasteiger partial charge in [0.15, 0.2) is 5.78 Å². The van der Waals surface area contributed by atoms with Crippen LogP contribution in [0.3, 0.4) is 0 Å². The van der Waals surface area contributed by atoms with Gasteiger partial charge < -0.3 is 19.7 Å². The molecule has 21 heavy (non-hydrogen) atoms. The molecular weight excluding hydrogens is 272 g/mol. The number of rotatable bonds is 2. The number of fused-ring (bicyclic) bond motifs is 1. The summed E-state index contributed by atoms with van der Waals surface area (Å²) in [5.41, 5.74) is 0.992. The number of benzene rings is 2. The molecule has 0 amide bonds. The molecule has 5 nitrogen and oxygen atoms in total. The first-order chi connectivity index (χ1) is 10.1. The van der Waals surface area contributed by atoms with E-state index in [1.54, 1.807) is 31.4 Å². The van der Waals surface area contributed by atoms with Gasteiger partial charge in [-0.05, 0) is 29.8 Å². The van der Waals surface area contributed by atoms with Crippen LogP contribution in [0.2, 0.25) is 0 Å². The van der Waals surface area contributed by atoms with Crippen molar-refractivity contribution in [2.24, 2.45) is 0 Å². The molecule has 0 radical (unpaired) electrons. The van der Waals surface area contributed by atoms with E-state index in [-0.39, 0.29) is 17.3 Å². The first-order valence-electron chi connectivity index (χ1n) is 6.46. The second kappa shape index (κ2) is 5.10. The van der Waals surface area contributed by atoms with Crippen molar-refractivity contribution in [1.82, 2.24) is 0 Å². The average molecular weight is 286 g/mol. The lowest BCUT2D eigenvalue weighted by molar-refractivity contribution is -0.0386. The van der Waals surface area contributed by atoms with Gasteiger partial charge >= 0.3 is 0 Å². The van der Waals surface area contributed by atoms with Crippen LogP contribution in [0, 0.1) is 0 Å². The molecule has 1 aliphatic rings. The molecule has 1 aliphatic heterocycles. The van der Waals surface area contributed by atoms with Crippen LogP contribution >= 0.6 is 0 Å². The molecule has 0 saturated heterocycles. The van der Waals surface area contributed by atoms with E-state index < -0.39 is 12.2 Å². The third-order valence-electron chi connectivity index (χ3n) is 3.52. The summed E-state index contributed by atoms with van der Waals surface area (Å²) in [6.45, 7) is 0. The molecule has 3 rings (SSSR count). The number of aliphatic hydroxyl groups excluding tert-OH is 1. The van der Waals surface area contributed by atoms with Crippen molar-refractivity contribution in [3.63, 3.8) is 0 Å². The molecule has 0 spiro atoms. The number of carbonyl (C=O) groups excluding carboxylic acids is 1. The number of phenols is 1. The fourth-order valence-electron chi connectivity index (χ4n) is 2.43. The second-order valence-corrected chi connectivity index (χ2v) is 4.80. The van der Waals surface area contributed by atoms with Gasteiger partial charge in [0.1, 0.15) is 23.2 Å². The molecule has 0 aromatic heterocycles. The van der Waals surface area contributed by atoms with Gasteiger partial charge in [0.2, 0.25) is 6.29 Å². The Morgan fingerprint density at radius 3 is 2.52 bits per heavy atom. The number of hydrogen-bond acceptors (Lipinski definition) is 5. The van der Waals surface area contributed by atoms with Crippen LogP contribution in [0.4, 0.5) is 0 Å². The second-order valence-electron chi connectivity index (χ2n) is 4.80. The van der Waals surface area contributed by atoms with Crippen molar-refractivity contribution in [3.05, 3.63) is 53.6 Å². The fourth-order valence-corrected chi connectivity index (χ4v) is 2.43. The molecule has 2 aromatic carbocycles. The number of ketones is 1. The molecule has 2 N–H and O–H groups in total. The van der Waals surface area contributed by atoms with E-state index >= 15 is 0 Å². The average Bonchev–Trinajstić information content (AvgIpc) is 2.47. The van der Waals surface area contributed by atoms with Gasteiger partial charge in [-0.25, -0.2) is 0 Å². The van der Waals surface area contributed by atoms with E-state index in [0.717, 1.165) is 0 Å². The minimum atomic E-state index is -1.29. The van der Waals surface area contributed by atoms with Crippen LogP contribution in [0.1, 0.15) is 21.8 Å². The van der Waals surface area contributed by atoms with Gasteiger partial charge in [0, 0.05) is 6.07 Å². The highest BCUT2D eigenvalue weighted by Crippen LogP contribution is 2.37. The summed E-state index contributed by atoms with van der Waals surface area (Å²) in [6, 6.07) is 11.1. The highest BCUT2D eigenvalue weighted by molar-refractivity contribution is 6.04. The minimum absolute atomic E-state index is 0.0170. The van der Waals surface area contributed by atoms with E-state index in [1.807, 2.05) is 0 Å². The topological polar surface area (TPSA) is 76.0 Å². The van der Waals surface area contributed by atoms with Gasteiger partial charge in [0.25, 0.3) is 0 Å². The molecule has 0 saturated carbocycles. The Kier molecular flexibility index (Phi) is 3.27. The van der Waals surface area contributed by atoms with E-state index in [0.29, 0.717) is 16.9 Å². The van der Waals surface area contributed by atoms with Crippen molar-refractivity contribution in [2.45, 2.75) is 12.2 Å². The largest absolute Gasteiger partial charge is 0.508 e. The standard InChI is InChI=1S/C16H14O5/c1-20-11-5-2-9(3-6-11)14-15(18)12-7-4-10(17)8-13(12)21-16(14)19/h2-8,14,16-17,19H,1H3/t14-,16+/m1/s1. The molecule has 1 heterocycles. The lowest BCUT2D eigenvalue weighted by Crippen LogP contribution is -2.35. The minimum Gasteiger partial charge on any atom is -0.508 e. The van der Waals surface area contributed by atoms with E-state index in [4.69, 9.17) is 9.47 Å². The Balaban J connectivity index is 1.99. The summed E-state index contributed by atoms with van der Waals surface area (Å²) in [4.78, 5) is 12.5. The summed E-state index contributed by atoms with van der Waals surface area (Å²) in [6.07, 6.45) is -1.29. The first-order valence-corrected chi connectivity index (χ1v) is 6.46. The maximum Gasteiger partial charge on any atom is 0.211 e. The number of phenolic OH excluding ortho intramolecular Hbond substituents is 1. The van der Waals surface area contributed by atoms with Crippen LogP contribution in [-0.4, -0.2) is 29.4 Å². The molecule has 0 bridgehead atoms. The quantitative estimate of drug-likeness (QED) is 0.884. The normalized spacial score (nSPS) is 20.6. The van der Waals surface area contributed by atoms with Crippen LogP contribution < -0.4 is 9.47 Å². The highest BCUT2D eigenvalue weighted by Gasteiger charge is 2.37. The molecule has 5 heteroatoms. The monoisotopic (exact) mass is 286 g/mol. The molecule has 0 unspecified atom stereocenters. The molecule has 2 aromatic rings. The fraction of sp³-hybridized carbons (Fsp3) is 0.188. The molecule has 108 valence electrons. The summed E-state index contributed by atoms with van der Waals surface area (Å²) < 4.78 is 10.4. The number of Topliss-reactive ketones (excluding diaryl/α,β-unsaturated/α-hetero) is 1. The number of aromatic hydroxyl groups is 1. The third kappa shape index (κ3) is 2.32. The lowest BCUT2D eigenvalue weighted by Gasteiger charge is -2.29. The SMILES string of the molecule is COc1ccc([C@@H]2C(=O)c3ccc(O)cc3O[C@@H]2O)cc1. The third-order valence-corrected chi connectivity index (χ3v) is 3.52. The van der Waals surface area contributed by atoms with E-state index in [9.17, 15) is 15.0 Å². The lowest BCUT2D eigenvalue weighted by atomic mass is 9.87. The van der Waals surface area contributed by atoms with Gasteiger partial charge in [-0.1, -0.05) is 12.1 Å². The van der Waals surface area contributed by atoms with E-state index in [1.165, 1.54) is 18.2 Å². The summed E-state index contributed by atoms with van der Waals surface area (Å²) in [7, 11) is 1.56. The predicted octanol–water partition coefficient (Wildman–Crippen LogP) is 2.08.